The minimum absolute atomic E-state index is 0.0535. The van der Waals surface area contributed by atoms with Crippen molar-refractivity contribution in [2.24, 2.45) is 10.9 Å². The summed E-state index contributed by atoms with van der Waals surface area (Å²) < 4.78 is 0. The number of hydrogen-bond donors (Lipinski definition) is 2. The maximum Gasteiger partial charge on any atom is 0.170 e. The second kappa shape index (κ2) is 6.83. The number of oxime groups is 1. The Kier molecular flexibility index (Phi) is 5.09. The third-order valence-electron chi connectivity index (χ3n) is 3.47. The topological polar surface area (TPSA) is 61.8 Å². The number of anilines is 1. The van der Waals surface area contributed by atoms with Crippen LogP contribution in [0.4, 0.5) is 5.69 Å². The van der Waals surface area contributed by atoms with Crippen LogP contribution in [0.5, 0.6) is 0 Å². The SMILES string of the molecule is CC(Cc1cccs1)N(C)c1ccc(C(N)=NO)cc1Cl. The van der Waals surface area contributed by atoms with E-state index in [0.29, 0.717) is 16.6 Å². The quantitative estimate of drug-likeness (QED) is 0.383. The Morgan fingerprint density at radius 1 is 1.48 bits per heavy atom. The maximum atomic E-state index is 8.70. The molecule has 1 atom stereocenters. The first-order valence-corrected chi connectivity index (χ1v) is 7.81. The van der Waals surface area contributed by atoms with Gasteiger partial charge in [0.25, 0.3) is 0 Å². The van der Waals surface area contributed by atoms with Crippen molar-refractivity contribution >= 4 is 34.5 Å². The molecule has 1 aromatic carbocycles. The van der Waals surface area contributed by atoms with Crippen molar-refractivity contribution in [2.75, 3.05) is 11.9 Å². The maximum absolute atomic E-state index is 8.70. The molecule has 3 N–H and O–H groups in total. The average molecular weight is 324 g/mol. The molecule has 0 spiro atoms. The van der Waals surface area contributed by atoms with Crippen LogP contribution in [0, 0.1) is 0 Å². The standard InChI is InChI=1S/C15H18ClN3OS/c1-10(8-12-4-3-7-21-12)19(2)14-6-5-11(9-13(14)16)15(17)18-20/h3-7,9-10,20H,8H2,1-2H3,(H2,17,18). The zero-order valence-electron chi connectivity index (χ0n) is 12.0. The first-order valence-electron chi connectivity index (χ1n) is 6.55. The molecule has 0 amide bonds. The Morgan fingerprint density at radius 2 is 2.24 bits per heavy atom. The molecule has 0 fully saturated rings. The lowest BCUT2D eigenvalue weighted by Crippen LogP contribution is -2.30. The van der Waals surface area contributed by atoms with Crippen molar-refractivity contribution < 1.29 is 5.21 Å². The number of hydrogen-bond acceptors (Lipinski definition) is 4. The van der Waals surface area contributed by atoms with Crippen LogP contribution >= 0.6 is 22.9 Å². The molecule has 0 aliphatic rings. The van der Waals surface area contributed by atoms with E-state index in [0.717, 1.165) is 12.1 Å². The van der Waals surface area contributed by atoms with Crippen molar-refractivity contribution in [3.05, 3.63) is 51.2 Å². The fourth-order valence-corrected chi connectivity index (χ4v) is 3.24. The van der Waals surface area contributed by atoms with Gasteiger partial charge in [0, 0.05) is 30.0 Å². The van der Waals surface area contributed by atoms with Gasteiger partial charge in [-0.3, -0.25) is 0 Å². The van der Waals surface area contributed by atoms with Gasteiger partial charge in [0.2, 0.25) is 0 Å². The first-order chi connectivity index (χ1) is 10.0. The molecule has 0 aliphatic carbocycles. The third kappa shape index (κ3) is 3.68. The van der Waals surface area contributed by atoms with E-state index in [1.807, 2.05) is 13.1 Å². The van der Waals surface area contributed by atoms with E-state index in [1.165, 1.54) is 4.88 Å². The number of halogens is 1. The second-order valence-corrected chi connectivity index (χ2v) is 6.33. The number of thiophene rings is 1. The molecule has 0 bridgehead atoms. The number of nitrogens with two attached hydrogens (primary N) is 1. The van der Waals surface area contributed by atoms with Crippen LogP contribution in [0.25, 0.3) is 0 Å². The number of benzene rings is 1. The molecule has 2 rings (SSSR count). The molecule has 1 heterocycles. The monoisotopic (exact) mass is 323 g/mol. The van der Waals surface area contributed by atoms with Crippen molar-refractivity contribution in [2.45, 2.75) is 19.4 Å². The molecule has 1 unspecified atom stereocenters. The zero-order valence-corrected chi connectivity index (χ0v) is 13.5. The fraction of sp³-hybridized carbons (Fsp3) is 0.267. The smallest absolute Gasteiger partial charge is 0.170 e. The molecule has 0 aliphatic heterocycles. The Balaban J connectivity index is 2.17. The van der Waals surface area contributed by atoms with Gasteiger partial charge in [0.1, 0.15) is 0 Å². The minimum Gasteiger partial charge on any atom is -0.409 e. The number of rotatable bonds is 5. The predicted octanol–water partition coefficient (Wildman–Crippen LogP) is 3.56. The summed E-state index contributed by atoms with van der Waals surface area (Å²) in [6.07, 6.45) is 0.965. The highest BCUT2D eigenvalue weighted by atomic mass is 35.5. The van der Waals surface area contributed by atoms with E-state index in [1.54, 1.807) is 23.5 Å². The van der Waals surface area contributed by atoms with E-state index in [2.05, 4.69) is 34.5 Å². The number of amidine groups is 1. The Morgan fingerprint density at radius 3 is 2.81 bits per heavy atom. The molecule has 21 heavy (non-hydrogen) atoms. The van der Waals surface area contributed by atoms with Gasteiger partial charge in [0.15, 0.2) is 5.84 Å². The third-order valence-corrected chi connectivity index (χ3v) is 4.67. The minimum atomic E-state index is 0.0535. The molecule has 4 nitrogen and oxygen atoms in total. The summed E-state index contributed by atoms with van der Waals surface area (Å²) in [5.74, 6) is 0.0535. The van der Waals surface area contributed by atoms with Crippen molar-refractivity contribution in [1.82, 2.24) is 0 Å². The lowest BCUT2D eigenvalue weighted by Gasteiger charge is -2.28. The van der Waals surface area contributed by atoms with Gasteiger partial charge in [-0.2, -0.15) is 0 Å². The van der Waals surface area contributed by atoms with Gasteiger partial charge in [-0.25, -0.2) is 0 Å². The van der Waals surface area contributed by atoms with E-state index >= 15 is 0 Å². The summed E-state index contributed by atoms with van der Waals surface area (Å²) in [7, 11) is 2.02. The molecule has 2 aromatic rings. The van der Waals surface area contributed by atoms with Crippen molar-refractivity contribution in [3.63, 3.8) is 0 Å². The molecule has 112 valence electrons. The predicted molar refractivity (Wildman–Crippen MR) is 89.9 cm³/mol. The van der Waals surface area contributed by atoms with Crippen LogP contribution < -0.4 is 10.6 Å². The van der Waals surface area contributed by atoms with Gasteiger partial charge < -0.3 is 15.8 Å². The lowest BCUT2D eigenvalue weighted by molar-refractivity contribution is 0.318. The van der Waals surface area contributed by atoms with E-state index in [-0.39, 0.29) is 5.84 Å². The van der Waals surface area contributed by atoms with Crippen LogP contribution in [0.3, 0.4) is 0 Å². The summed E-state index contributed by atoms with van der Waals surface area (Å²) in [6.45, 7) is 2.16. The summed E-state index contributed by atoms with van der Waals surface area (Å²) in [5.41, 5.74) is 7.10. The van der Waals surface area contributed by atoms with Crippen LogP contribution in [0.1, 0.15) is 17.4 Å². The highest BCUT2D eigenvalue weighted by Crippen LogP contribution is 2.28. The summed E-state index contributed by atoms with van der Waals surface area (Å²) in [4.78, 5) is 3.48. The number of nitrogens with zero attached hydrogens (tertiary/aromatic N) is 2. The first kappa shape index (κ1) is 15.7. The van der Waals surface area contributed by atoms with Gasteiger partial charge in [0.05, 0.1) is 10.7 Å². The fourth-order valence-electron chi connectivity index (χ4n) is 2.10. The molecular weight excluding hydrogens is 306 g/mol. The zero-order chi connectivity index (χ0) is 15.4. The largest absolute Gasteiger partial charge is 0.409 e. The lowest BCUT2D eigenvalue weighted by atomic mass is 10.1. The van der Waals surface area contributed by atoms with Crippen molar-refractivity contribution in [3.8, 4) is 0 Å². The molecule has 1 aromatic heterocycles. The molecule has 0 saturated heterocycles. The molecule has 0 radical (unpaired) electrons. The normalized spacial score (nSPS) is 13.2. The van der Waals surface area contributed by atoms with Gasteiger partial charge in [-0.1, -0.05) is 22.8 Å². The van der Waals surface area contributed by atoms with Crippen LogP contribution in [0.2, 0.25) is 5.02 Å². The van der Waals surface area contributed by atoms with Crippen molar-refractivity contribution in [1.29, 1.82) is 0 Å². The van der Waals surface area contributed by atoms with Gasteiger partial charge in [-0.05, 0) is 36.6 Å². The highest BCUT2D eigenvalue weighted by Gasteiger charge is 2.15. The molecular formula is C15H18ClN3OS. The Labute approximate surface area is 133 Å². The Hall–Kier alpha value is -1.72. The highest BCUT2D eigenvalue weighted by molar-refractivity contribution is 7.09. The second-order valence-electron chi connectivity index (χ2n) is 4.89. The van der Waals surface area contributed by atoms with Crippen LogP contribution in [0.15, 0.2) is 40.9 Å². The van der Waals surface area contributed by atoms with Crippen LogP contribution in [-0.4, -0.2) is 24.1 Å². The average Bonchev–Trinajstić information content (AvgIpc) is 2.98. The molecule has 0 saturated carbocycles. The number of likely N-dealkylation sites (N-methyl/N-ethyl adjacent to an activating group) is 1. The van der Waals surface area contributed by atoms with Crippen LogP contribution in [-0.2, 0) is 6.42 Å². The van der Waals surface area contributed by atoms with E-state index in [4.69, 9.17) is 22.5 Å². The van der Waals surface area contributed by atoms with Gasteiger partial charge in [-0.15, -0.1) is 11.3 Å². The summed E-state index contributed by atoms with van der Waals surface area (Å²) >= 11 is 8.08. The van der Waals surface area contributed by atoms with Gasteiger partial charge >= 0.3 is 0 Å². The van der Waals surface area contributed by atoms with E-state index < -0.39 is 0 Å². The van der Waals surface area contributed by atoms with E-state index in [9.17, 15) is 0 Å². The Bertz CT molecular complexity index is 628. The molecule has 6 heteroatoms. The summed E-state index contributed by atoms with van der Waals surface area (Å²) in [5, 5.41) is 14.4. The summed E-state index contributed by atoms with van der Waals surface area (Å²) in [6, 6.07) is 9.91.